The molecule has 37 heavy (non-hydrogen) atoms. The highest BCUT2D eigenvalue weighted by Crippen LogP contribution is 2.39. The van der Waals surface area contributed by atoms with E-state index in [0.29, 0.717) is 16.7 Å². The number of hydrogen-bond acceptors (Lipinski definition) is 6. The monoisotopic (exact) mass is 550 g/mol. The SMILES string of the molecule is C[C@@](O)(C(N)=O)C(=O)N(CC(F)(F)C(F)(F)F)[C@H]1CN(CC(F)(F)F)c2ccccc2N(CCO)C1=O. The van der Waals surface area contributed by atoms with Crippen molar-refractivity contribution < 1.29 is 59.7 Å². The van der Waals surface area contributed by atoms with Gasteiger partial charge in [0.2, 0.25) is 5.60 Å². The van der Waals surface area contributed by atoms with Crippen molar-refractivity contribution in [3.8, 4) is 0 Å². The number of nitrogens with zero attached hydrogens (tertiary/aromatic N) is 3. The normalized spacial score (nSPS) is 18.7. The van der Waals surface area contributed by atoms with Gasteiger partial charge < -0.3 is 30.6 Å². The van der Waals surface area contributed by atoms with Gasteiger partial charge in [0.15, 0.2) is 0 Å². The molecule has 1 aliphatic heterocycles. The van der Waals surface area contributed by atoms with Gasteiger partial charge in [0.05, 0.1) is 24.5 Å². The number of β-amino-alcohol motifs (C(OH)–C–C–N with tert-alkyl or cyclic N) is 1. The number of anilines is 2. The Morgan fingerprint density at radius 3 is 2.08 bits per heavy atom. The molecule has 0 bridgehead atoms. The Balaban J connectivity index is 2.77. The van der Waals surface area contributed by atoms with Crippen LogP contribution in [0.4, 0.5) is 46.5 Å². The Kier molecular flexibility index (Phi) is 8.34. The Morgan fingerprint density at radius 2 is 1.62 bits per heavy atom. The molecule has 2 rings (SSSR count). The summed E-state index contributed by atoms with van der Waals surface area (Å²) in [5.74, 6) is -11.3. The number of carbonyl (C=O) groups excluding carboxylic acids is 3. The molecule has 1 aliphatic rings. The van der Waals surface area contributed by atoms with E-state index in [-0.39, 0.29) is 11.4 Å². The number of rotatable bonds is 8. The van der Waals surface area contributed by atoms with Gasteiger partial charge in [-0.25, -0.2) is 0 Å². The van der Waals surface area contributed by atoms with E-state index in [2.05, 4.69) is 0 Å². The molecule has 0 fully saturated rings. The minimum absolute atomic E-state index is 0.273. The van der Waals surface area contributed by atoms with E-state index in [1.54, 1.807) is 0 Å². The van der Waals surface area contributed by atoms with E-state index in [9.17, 15) is 59.7 Å². The molecule has 1 heterocycles. The first-order valence-electron chi connectivity index (χ1n) is 10.4. The third-order valence-electron chi connectivity index (χ3n) is 5.47. The van der Waals surface area contributed by atoms with Crippen LogP contribution >= 0.6 is 0 Å². The molecule has 0 aliphatic carbocycles. The summed E-state index contributed by atoms with van der Waals surface area (Å²) in [6.07, 6.45) is -11.3. The molecule has 0 saturated heterocycles. The van der Waals surface area contributed by atoms with Gasteiger partial charge in [-0.05, 0) is 19.1 Å². The molecule has 0 saturated carbocycles. The molecule has 0 radical (unpaired) electrons. The quantitative estimate of drug-likeness (QED) is 0.328. The number of benzene rings is 1. The van der Waals surface area contributed by atoms with Gasteiger partial charge in [-0.2, -0.15) is 35.1 Å². The first-order chi connectivity index (χ1) is 16.7. The lowest BCUT2D eigenvalue weighted by molar-refractivity contribution is -0.286. The number of primary amides is 1. The smallest absolute Gasteiger partial charge is 0.395 e. The number of aliphatic hydroxyl groups is 2. The lowest BCUT2D eigenvalue weighted by Crippen LogP contribution is -2.65. The maximum atomic E-state index is 14.1. The van der Waals surface area contributed by atoms with Crippen LogP contribution in [-0.4, -0.2) is 95.5 Å². The van der Waals surface area contributed by atoms with Crippen molar-refractivity contribution in [3.63, 3.8) is 0 Å². The molecule has 2 atom stereocenters. The molecular formula is C20H22F8N4O5. The van der Waals surface area contributed by atoms with E-state index in [1.165, 1.54) is 12.1 Å². The summed E-state index contributed by atoms with van der Waals surface area (Å²) >= 11 is 0. The minimum Gasteiger partial charge on any atom is -0.395 e. The summed E-state index contributed by atoms with van der Waals surface area (Å²) in [7, 11) is 0. The zero-order chi connectivity index (χ0) is 28.6. The van der Waals surface area contributed by atoms with Crippen LogP contribution in [0.3, 0.4) is 0 Å². The Hall–Kier alpha value is -3.21. The molecule has 1 aromatic carbocycles. The van der Waals surface area contributed by atoms with Gasteiger partial charge >= 0.3 is 18.3 Å². The molecule has 0 unspecified atom stereocenters. The van der Waals surface area contributed by atoms with E-state index < -0.39 is 85.3 Å². The average molecular weight is 550 g/mol. The Bertz CT molecular complexity index is 1030. The second-order valence-corrected chi connectivity index (χ2v) is 8.29. The second kappa shape index (κ2) is 10.3. The fourth-order valence-electron chi connectivity index (χ4n) is 3.58. The molecule has 1 aromatic rings. The predicted molar refractivity (Wildman–Crippen MR) is 110 cm³/mol. The largest absolute Gasteiger partial charge is 0.455 e. The third kappa shape index (κ3) is 6.38. The highest BCUT2D eigenvalue weighted by atomic mass is 19.4. The van der Waals surface area contributed by atoms with Crippen LogP contribution < -0.4 is 15.5 Å². The molecular weight excluding hydrogens is 528 g/mol. The number of amides is 3. The van der Waals surface area contributed by atoms with Crippen LogP contribution in [-0.2, 0) is 14.4 Å². The van der Waals surface area contributed by atoms with Crippen molar-refractivity contribution in [1.29, 1.82) is 0 Å². The fourth-order valence-corrected chi connectivity index (χ4v) is 3.58. The number of aliphatic hydroxyl groups excluding tert-OH is 1. The number of hydrogen-bond donors (Lipinski definition) is 3. The highest BCUT2D eigenvalue weighted by molar-refractivity contribution is 6.10. The summed E-state index contributed by atoms with van der Waals surface area (Å²) in [5.41, 5.74) is 0.864. The number of halogens is 8. The maximum Gasteiger partial charge on any atom is 0.455 e. The maximum absolute atomic E-state index is 14.1. The zero-order valence-electron chi connectivity index (χ0n) is 19.0. The van der Waals surface area contributed by atoms with E-state index in [1.807, 2.05) is 0 Å². The molecule has 9 nitrogen and oxygen atoms in total. The van der Waals surface area contributed by atoms with Gasteiger partial charge in [0.25, 0.3) is 17.7 Å². The van der Waals surface area contributed by atoms with Crippen molar-refractivity contribution >= 4 is 29.1 Å². The molecule has 0 aromatic heterocycles. The Labute approximate surface area is 204 Å². The van der Waals surface area contributed by atoms with Gasteiger partial charge in [-0.15, -0.1) is 0 Å². The minimum atomic E-state index is -6.29. The highest BCUT2D eigenvalue weighted by Gasteiger charge is 2.61. The molecule has 3 amide bonds. The molecule has 0 spiro atoms. The van der Waals surface area contributed by atoms with E-state index >= 15 is 0 Å². The van der Waals surface area contributed by atoms with Crippen LogP contribution in [0.1, 0.15) is 6.92 Å². The van der Waals surface area contributed by atoms with Gasteiger partial charge in [0, 0.05) is 13.1 Å². The van der Waals surface area contributed by atoms with Crippen LogP contribution in [0.25, 0.3) is 0 Å². The molecule has 17 heteroatoms. The summed E-state index contributed by atoms with van der Waals surface area (Å²) in [6.45, 7) is -6.85. The average Bonchev–Trinajstić information content (AvgIpc) is 2.86. The number of nitrogens with two attached hydrogens (primary N) is 1. The lowest BCUT2D eigenvalue weighted by Gasteiger charge is -2.39. The predicted octanol–water partition coefficient (Wildman–Crippen LogP) is 1.03. The van der Waals surface area contributed by atoms with Crippen molar-refractivity contribution in [3.05, 3.63) is 24.3 Å². The summed E-state index contributed by atoms with van der Waals surface area (Å²) in [5, 5.41) is 19.6. The topological polar surface area (TPSA) is 127 Å². The Morgan fingerprint density at radius 1 is 1.08 bits per heavy atom. The second-order valence-electron chi connectivity index (χ2n) is 8.29. The summed E-state index contributed by atoms with van der Waals surface area (Å²) in [4.78, 5) is 38.4. The van der Waals surface area contributed by atoms with Crippen LogP contribution in [0, 0.1) is 0 Å². The number of alkyl halides is 8. The van der Waals surface area contributed by atoms with Crippen molar-refractivity contribution in [1.82, 2.24) is 4.90 Å². The number of para-hydroxylation sites is 2. The zero-order valence-corrected chi connectivity index (χ0v) is 19.0. The van der Waals surface area contributed by atoms with Gasteiger partial charge in [-0.1, -0.05) is 12.1 Å². The van der Waals surface area contributed by atoms with Gasteiger partial charge in [-0.3, -0.25) is 14.4 Å². The van der Waals surface area contributed by atoms with Crippen LogP contribution in [0.2, 0.25) is 0 Å². The number of carbonyl (C=O) groups is 3. The van der Waals surface area contributed by atoms with E-state index in [4.69, 9.17) is 5.73 Å². The first kappa shape index (κ1) is 30.0. The van der Waals surface area contributed by atoms with Gasteiger partial charge in [0.1, 0.15) is 12.6 Å². The summed E-state index contributed by atoms with van der Waals surface area (Å²) in [6, 6.07) is 2.24. The number of fused-ring (bicyclic) bond motifs is 1. The first-order valence-corrected chi connectivity index (χ1v) is 10.4. The van der Waals surface area contributed by atoms with Crippen LogP contribution in [0.5, 0.6) is 0 Å². The van der Waals surface area contributed by atoms with Crippen LogP contribution in [0.15, 0.2) is 24.3 Å². The lowest BCUT2D eigenvalue weighted by atomic mass is 10.0. The molecule has 208 valence electrons. The standard InChI is InChI=1S/C20H22F8N4O5/c1-17(37,15(29)35)16(36)32(9-18(21,22)20(26,27)28)13-8-30(10-19(23,24)25)11-4-2-3-5-12(11)31(6-7-33)14(13)34/h2-5,13,33,37H,6-10H2,1H3,(H2,29,35)/t13-,17+/m0/s1. The fraction of sp³-hybridized carbons (Fsp3) is 0.550. The molecule has 4 N–H and O–H groups in total. The third-order valence-corrected chi connectivity index (χ3v) is 5.47. The summed E-state index contributed by atoms with van der Waals surface area (Å²) < 4.78 is 108. The van der Waals surface area contributed by atoms with Crippen molar-refractivity contribution in [2.24, 2.45) is 5.73 Å². The van der Waals surface area contributed by atoms with E-state index in [0.717, 1.165) is 12.1 Å². The van der Waals surface area contributed by atoms with Crippen molar-refractivity contribution in [2.45, 2.75) is 36.8 Å². The van der Waals surface area contributed by atoms with Crippen molar-refractivity contribution in [2.75, 3.05) is 42.6 Å².